The standard InChI is InChI=1S/C19H18N4O5/c1-25-14-7-11(8-15(26-2)16(14)27-3)13-9-20-17-18(21-13)23(19(24)22-17)10-12-5-4-6-28-12/h4-9H,10H2,1-3H3,(H,20,22,24). The van der Waals surface area contributed by atoms with Gasteiger partial charge in [0.05, 0.1) is 46.0 Å². The van der Waals surface area contributed by atoms with Crippen LogP contribution in [-0.2, 0) is 6.54 Å². The molecule has 0 fully saturated rings. The van der Waals surface area contributed by atoms with E-state index in [1.807, 2.05) is 0 Å². The summed E-state index contributed by atoms with van der Waals surface area (Å²) in [6.07, 6.45) is 3.14. The SMILES string of the molecule is COc1cc(-c2cnc3[nH]c(=O)n(Cc4ccco4)c3n2)cc(OC)c1OC. The van der Waals surface area contributed by atoms with Gasteiger partial charge in [-0.2, -0.15) is 0 Å². The number of methoxy groups -OCH3 is 3. The number of hydrogen-bond donors (Lipinski definition) is 1. The summed E-state index contributed by atoms with van der Waals surface area (Å²) in [5.74, 6) is 2.13. The van der Waals surface area contributed by atoms with Gasteiger partial charge in [-0.05, 0) is 24.3 Å². The molecule has 3 aromatic heterocycles. The van der Waals surface area contributed by atoms with Crippen LogP contribution in [0.4, 0.5) is 0 Å². The molecule has 9 nitrogen and oxygen atoms in total. The minimum absolute atomic E-state index is 0.249. The maximum atomic E-state index is 12.3. The van der Waals surface area contributed by atoms with Crippen molar-refractivity contribution in [2.45, 2.75) is 6.54 Å². The number of furan rings is 1. The first-order chi connectivity index (χ1) is 13.6. The number of aromatic amines is 1. The predicted octanol–water partition coefficient (Wildman–Crippen LogP) is 2.45. The highest BCUT2D eigenvalue weighted by Crippen LogP contribution is 2.40. The molecule has 0 bridgehead atoms. The monoisotopic (exact) mass is 382 g/mol. The minimum atomic E-state index is -0.312. The molecule has 0 aliphatic rings. The van der Waals surface area contributed by atoms with Crippen molar-refractivity contribution in [2.24, 2.45) is 0 Å². The van der Waals surface area contributed by atoms with Crippen molar-refractivity contribution in [3.8, 4) is 28.5 Å². The highest BCUT2D eigenvalue weighted by molar-refractivity contribution is 5.73. The van der Waals surface area contributed by atoms with Gasteiger partial charge in [-0.3, -0.25) is 9.55 Å². The average Bonchev–Trinajstić information content (AvgIpc) is 3.34. The van der Waals surface area contributed by atoms with Crippen molar-refractivity contribution in [1.29, 1.82) is 0 Å². The van der Waals surface area contributed by atoms with Crippen molar-refractivity contribution < 1.29 is 18.6 Å². The smallest absolute Gasteiger partial charge is 0.329 e. The Morgan fingerprint density at radius 2 is 1.89 bits per heavy atom. The molecule has 1 N–H and O–H groups in total. The second-order valence-corrected chi connectivity index (χ2v) is 5.94. The van der Waals surface area contributed by atoms with Gasteiger partial charge in [-0.15, -0.1) is 0 Å². The van der Waals surface area contributed by atoms with Gasteiger partial charge >= 0.3 is 5.69 Å². The van der Waals surface area contributed by atoms with Crippen LogP contribution in [0.15, 0.2) is 45.9 Å². The summed E-state index contributed by atoms with van der Waals surface area (Å²) in [6.45, 7) is 0.249. The number of imidazole rings is 1. The van der Waals surface area contributed by atoms with Gasteiger partial charge < -0.3 is 18.6 Å². The van der Waals surface area contributed by atoms with E-state index in [1.165, 1.54) is 4.57 Å². The number of benzene rings is 1. The summed E-state index contributed by atoms with van der Waals surface area (Å²) in [5, 5.41) is 0. The molecule has 9 heteroatoms. The van der Waals surface area contributed by atoms with Gasteiger partial charge in [0.15, 0.2) is 22.8 Å². The van der Waals surface area contributed by atoms with E-state index >= 15 is 0 Å². The van der Waals surface area contributed by atoms with E-state index in [4.69, 9.17) is 18.6 Å². The van der Waals surface area contributed by atoms with Crippen LogP contribution in [0.1, 0.15) is 5.76 Å². The third-order valence-corrected chi connectivity index (χ3v) is 4.33. The minimum Gasteiger partial charge on any atom is -0.493 e. The Kier molecular flexibility index (Phi) is 4.48. The zero-order valence-electron chi connectivity index (χ0n) is 15.6. The Hall–Kier alpha value is -3.75. The van der Waals surface area contributed by atoms with Crippen LogP contribution in [0.25, 0.3) is 22.6 Å². The van der Waals surface area contributed by atoms with Crippen molar-refractivity contribution in [3.63, 3.8) is 0 Å². The van der Waals surface area contributed by atoms with E-state index in [9.17, 15) is 4.79 Å². The Labute approximate surface area is 159 Å². The lowest BCUT2D eigenvalue weighted by molar-refractivity contribution is 0.324. The number of ether oxygens (including phenoxy) is 3. The summed E-state index contributed by atoms with van der Waals surface area (Å²) in [7, 11) is 4.63. The molecule has 4 rings (SSSR count). The number of hydrogen-bond acceptors (Lipinski definition) is 7. The molecule has 28 heavy (non-hydrogen) atoms. The van der Waals surface area contributed by atoms with Gasteiger partial charge in [-0.1, -0.05) is 0 Å². The van der Waals surface area contributed by atoms with E-state index in [0.717, 1.165) is 0 Å². The normalized spacial score (nSPS) is 11.0. The molecule has 4 aromatic rings. The zero-order valence-corrected chi connectivity index (χ0v) is 15.6. The molecule has 0 unspecified atom stereocenters. The number of H-pyrrole nitrogens is 1. The van der Waals surface area contributed by atoms with Crippen molar-refractivity contribution in [1.82, 2.24) is 19.5 Å². The van der Waals surface area contributed by atoms with Gasteiger partial charge in [0, 0.05) is 5.56 Å². The van der Waals surface area contributed by atoms with Gasteiger partial charge in [0.1, 0.15) is 5.76 Å². The van der Waals surface area contributed by atoms with Gasteiger partial charge in [0.2, 0.25) is 5.75 Å². The highest BCUT2D eigenvalue weighted by atomic mass is 16.5. The fourth-order valence-corrected chi connectivity index (χ4v) is 2.99. The summed E-state index contributed by atoms with van der Waals surface area (Å²) < 4.78 is 23.0. The van der Waals surface area contributed by atoms with Crippen LogP contribution >= 0.6 is 0 Å². The molecule has 0 radical (unpaired) electrons. The number of nitrogens with one attached hydrogen (secondary N) is 1. The maximum absolute atomic E-state index is 12.3. The summed E-state index contributed by atoms with van der Waals surface area (Å²) >= 11 is 0. The van der Waals surface area contributed by atoms with Gasteiger partial charge in [-0.25, -0.2) is 14.8 Å². The number of rotatable bonds is 6. The van der Waals surface area contributed by atoms with E-state index < -0.39 is 0 Å². The molecule has 0 aliphatic heterocycles. The number of nitrogens with zero attached hydrogens (tertiary/aromatic N) is 3. The molecule has 0 amide bonds. The molecular weight excluding hydrogens is 364 g/mol. The number of aromatic nitrogens is 4. The van der Waals surface area contributed by atoms with Crippen molar-refractivity contribution in [2.75, 3.05) is 21.3 Å². The molecule has 0 atom stereocenters. The van der Waals surface area contributed by atoms with Crippen LogP contribution in [-0.4, -0.2) is 40.8 Å². The highest BCUT2D eigenvalue weighted by Gasteiger charge is 2.17. The Morgan fingerprint density at radius 1 is 1.14 bits per heavy atom. The summed E-state index contributed by atoms with van der Waals surface area (Å²) in [6, 6.07) is 7.11. The Bertz CT molecular complexity index is 1150. The molecule has 0 saturated heterocycles. The van der Waals surface area contributed by atoms with E-state index in [1.54, 1.807) is 58.1 Å². The Morgan fingerprint density at radius 3 is 2.50 bits per heavy atom. The van der Waals surface area contributed by atoms with Crippen LogP contribution in [0, 0.1) is 0 Å². The van der Waals surface area contributed by atoms with E-state index in [2.05, 4.69) is 15.0 Å². The molecule has 3 heterocycles. The van der Waals surface area contributed by atoms with Crippen molar-refractivity contribution in [3.05, 3.63) is 53.0 Å². The fraction of sp³-hybridized carbons (Fsp3) is 0.211. The van der Waals surface area contributed by atoms with Crippen LogP contribution < -0.4 is 19.9 Å². The second kappa shape index (κ2) is 7.10. The van der Waals surface area contributed by atoms with Crippen LogP contribution in [0.2, 0.25) is 0 Å². The largest absolute Gasteiger partial charge is 0.493 e. The van der Waals surface area contributed by atoms with Crippen LogP contribution in [0.3, 0.4) is 0 Å². The first kappa shape index (κ1) is 17.7. The molecule has 0 spiro atoms. The summed E-state index contributed by atoms with van der Waals surface area (Å²) in [4.78, 5) is 24.0. The maximum Gasteiger partial charge on any atom is 0.329 e. The third kappa shape index (κ3) is 2.96. The summed E-state index contributed by atoms with van der Waals surface area (Å²) in [5.41, 5.74) is 1.77. The predicted molar refractivity (Wildman–Crippen MR) is 101 cm³/mol. The molecule has 0 saturated carbocycles. The van der Waals surface area contributed by atoms with Crippen LogP contribution in [0.5, 0.6) is 17.2 Å². The Balaban J connectivity index is 1.85. The topological polar surface area (TPSA) is 104 Å². The first-order valence-corrected chi connectivity index (χ1v) is 8.43. The lowest BCUT2D eigenvalue weighted by Gasteiger charge is -2.13. The van der Waals surface area contributed by atoms with E-state index in [0.29, 0.717) is 45.6 Å². The third-order valence-electron chi connectivity index (χ3n) is 4.33. The fourth-order valence-electron chi connectivity index (χ4n) is 2.99. The molecule has 1 aromatic carbocycles. The lowest BCUT2D eigenvalue weighted by Crippen LogP contribution is -2.17. The van der Waals surface area contributed by atoms with Crippen molar-refractivity contribution >= 4 is 11.3 Å². The first-order valence-electron chi connectivity index (χ1n) is 8.43. The lowest BCUT2D eigenvalue weighted by atomic mass is 10.1. The molecule has 144 valence electrons. The molecular formula is C19H18N4O5. The zero-order chi connectivity index (χ0) is 19.7. The second-order valence-electron chi connectivity index (χ2n) is 5.94. The molecule has 0 aliphatic carbocycles. The van der Waals surface area contributed by atoms with E-state index in [-0.39, 0.29) is 12.2 Å². The van der Waals surface area contributed by atoms with Gasteiger partial charge in [0.25, 0.3) is 0 Å². The quantitative estimate of drug-likeness (QED) is 0.546. The average molecular weight is 382 g/mol. The number of fused-ring (bicyclic) bond motifs is 1.